The van der Waals surface area contributed by atoms with Gasteiger partial charge in [0, 0.05) is 24.7 Å². The summed E-state index contributed by atoms with van der Waals surface area (Å²) in [6, 6.07) is 11.7. The van der Waals surface area contributed by atoms with E-state index in [4.69, 9.17) is 0 Å². The SMILES string of the molecule is Cc1cccc(C(=O)N[C@@H](C(=O)NCCC(=O)Nc2ccccn2)C(C)C)c1. The van der Waals surface area contributed by atoms with Crippen molar-refractivity contribution < 1.29 is 14.4 Å². The molecule has 0 aliphatic rings. The van der Waals surface area contributed by atoms with Crippen molar-refractivity contribution in [3.8, 4) is 0 Å². The fourth-order valence-corrected chi connectivity index (χ4v) is 2.60. The number of aryl methyl sites for hydroxylation is 1. The molecule has 0 fully saturated rings. The molecule has 7 heteroatoms. The molecule has 0 spiro atoms. The molecule has 1 aromatic carbocycles. The van der Waals surface area contributed by atoms with Gasteiger partial charge in [-0.15, -0.1) is 0 Å². The summed E-state index contributed by atoms with van der Waals surface area (Å²) < 4.78 is 0. The third-order valence-electron chi connectivity index (χ3n) is 4.10. The fraction of sp³-hybridized carbons (Fsp3) is 0.333. The van der Waals surface area contributed by atoms with Gasteiger partial charge < -0.3 is 16.0 Å². The smallest absolute Gasteiger partial charge is 0.251 e. The van der Waals surface area contributed by atoms with E-state index in [1.807, 2.05) is 26.8 Å². The predicted octanol–water partition coefficient (Wildman–Crippen LogP) is 2.29. The maximum absolute atomic E-state index is 12.5. The van der Waals surface area contributed by atoms with E-state index in [0.717, 1.165) is 5.56 Å². The van der Waals surface area contributed by atoms with Gasteiger partial charge in [-0.25, -0.2) is 4.98 Å². The first-order chi connectivity index (χ1) is 13.4. The van der Waals surface area contributed by atoms with Gasteiger partial charge in [-0.1, -0.05) is 37.6 Å². The summed E-state index contributed by atoms with van der Waals surface area (Å²) in [5.41, 5.74) is 1.48. The number of nitrogens with zero attached hydrogens (tertiary/aromatic N) is 1. The third kappa shape index (κ3) is 6.50. The number of carbonyl (C=O) groups excluding carboxylic acids is 3. The normalized spacial score (nSPS) is 11.6. The van der Waals surface area contributed by atoms with Crippen LogP contribution in [0.1, 0.15) is 36.2 Å². The Labute approximate surface area is 164 Å². The molecular formula is C21H26N4O3. The molecule has 1 atom stereocenters. The predicted molar refractivity (Wildman–Crippen MR) is 108 cm³/mol. The van der Waals surface area contributed by atoms with Gasteiger partial charge in [-0.2, -0.15) is 0 Å². The van der Waals surface area contributed by atoms with Crippen molar-refractivity contribution in [3.05, 3.63) is 59.8 Å². The van der Waals surface area contributed by atoms with Crippen LogP contribution in [0.5, 0.6) is 0 Å². The summed E-state index contributed by atoms with van der Waals surface area (Å²) in [5, 5.41) is 8.15. The highest BCUT2D eigenvalue weighted by Crippen LogP contribution is 2.07. The first-order valence-electron chi connectivity index (χ1n) is 9.23. The van der Waals surface area contributed by atoms with Gasteiger partial charge in [-0.05, 0) is 37.1 Å². The molecule has 0 aliphatic heterocycles. The maximum Gasteiger partial charge on any atom is 0.251 e. The number of hydrogen-bond acceptors (Lipinski definition) is 4. The number of nitrogens with one attached hydrogen (secondary N) is 3. The molecule has 0 saturated carbocycles. The zero-order valence-electron chi connectivity index (χ0n) is 16.4. The second kappa shape index (κ2) is 10.2. The number of benzene rings is 1. The van der Waals surface area contributed by atoms with Crippen LogP contribution in [0.4, 0.5) is 5.82 Å². The lowest BCUT2D eigenvalue weighted by molar-refractivity contribution is -0.124. The zero-order valence-corrected chi connectivity index (χ0v) is 16.4. The molecule has 3 N–H and O–H groups in total. The number of aromatic nitrogens is 1. The molecule has 28 heavy (non-hydrogen) atoms. The van der Waals surface area contributed by atoms with Crippen molar-refractivity contribution in [1.82, 2.24) is 15.6 Å². The molecule has 0 aliphatic carbocycles. The molecule has 0 bridgehead atoms. The second-order valence-corrected chi connectivity index (χ2v) is 6.87. The van der Waals surface area contributed by atoms with Gasteiger partial charge >= 0.3 is 0 Å². The molecule has 2 rings (SSSR count). The first-order valence-corrected chi connectivity index (χ1v) is 9.23. The Morgan fingerprint density at radius 1 is 1.07 bits per heavy atom. The van der Waals surface area contributed by atoms with Crippen LogP contribution in [0.25, 0.3) is 0 Å². The van der Waals surface area contributed by atoms with E-state index in [0.29, 0.717) is 11.4 Å². The van der Waals surface area contributed by atoms with E-state index in [2.05, 4.69) is 20.9 Å². The summed E-state index contributed by atoms with van der Waals surface area (Å²) in [4.78, 5) is 40.9. The Kier molecular flexibility index (Phi) is 7.68. The number of anilines is 1. The van der Waals surface area contributed by atoms with Crippen LogP contribution >= 0.6 is 0 Å². The van der Waals surface area contributed by atoms with Crippen molar-refractivity contribution >= 4 is 23.5 Å². The second-order valence-electron chi connectivity index (χ2n) is 6.87. The molecule has 2 aromatic rings. The minimum Gasteiger partial charge on any atom is -0.354 e. The van der Waals surface area contributed by atoms with E-state index < -0.39 is 6.04 Å². The lowest BCUT2D eigenvalue weighted by Gasteiger charge is -2.21. The van der Waals surface area contributed by atoms with Crippen molar-refractivity contribution in [3.63, 3.8) is 0 Å². The minimum atomic E-state index is -0.688. The first kappa shape index (κ1) is 21.1. The van der Waals surface area contributed by atoms with E-state index in [1.165, 1.54) is 0 Å². The largest absolute Gasteiger partial charge is 0.354 e. The zero-order chi connectivity index (χ0) is 20.5. The molecule has 7 nitrogen and oxygen atoms in total. The molecule has 0 saturated heterocycles. The summed E-state index contributed by atoms with van der Waals surface area (Å²) in [5.74, 6) is -0.503. The Morgan fingerprint density at radius 2 is 1.86 bits per heavy atom. The van der Waals surface area contributed by atoms with Crippen LogP contribution < -0.4 is 16.0 Å². The Hall–Kier alpha value is -3.22. The van der Waals surface area contributed by atoms with Crippen LogP contribution in [-0.4, -0.2) is 35.3 Å². The van der Waals surface area contributed by atoms with E-state index in [9.17, 15) is 14.4 Å². The molecule has 148 valence electrons. The summed E-state index contributed by atoms with van der Waals surface area (Å²) in [6.45, 7) is 5.78. The fourth-order valence-electron chi connectivity index (χ4n) is 2.60. The summed E-state index contributed by atoms with van der Waals surface area (Å²) in [7, 11) is 0. The van der Waals surface area contributed by atoms with E-state index >= 15 is 0 Å². The monoisotopic (exact) mass is 382 g/mol. The third-order valence-corrected chi connectivity index (χ3v) is 4.10. The van der Waals surface area contributed by atoms with Crippen LogP contribution in [-0.2, 0) is 9.59 Å². The van der Waals surface area contributed by atoms with Crippen molar-refractivity contribution in [2.75, 3.05) is 11.9 Å². The number of amides is 3. The molecule has 1 aromatic heterocycles. The highest BCUT2D eigenvalue weighted by atomic mass is 16.2. The van der Waals surface area contributed by atoms with Crippen LogP contribution in [0.2, 0.25) is 0 Å². The molecular weight excluding hydrogens is 356 g/mol. The highest BCUT2D eigenvalue weighted by Gasteiger charge is 2.24. The lowest BCUT2D eigenvalue weighted by Crippen LogP contribution is -2.50. The van der Waals surface area contributed by atoms with Crippen molar-refractivity contribution in [1.29, 1.82) is 0 Å². The van der Waals surface area contributed by atoms with Crippen LogP contribution in [0.3, 0.4) is 0 Å². The number of pyridine rings is 1. The average Bonchev–Trinajstić information content (AvgIpc) is 2.66. The Morgan fingerprint density at radius 3 is 2.50 bits per heavy atom. The van der Waals surface area contributed by atoms with Gasteiger partial charge in [0.15, 0.2) is 0 Å². The topological polar surface area (TPSA) is 100 Å². The molecule has 3 amide bonds. The van der Waals surface area contributed by atoms with Crippen LogP contribution in [0, 0.1) is 12.8 Å². The van der Waals surface area contributed by atoms with Gasteiger partial charge in [0.25, 0.3) is 5.91 Å². The van der Waals surface area contributed by atoms with Gasteiger partial charge in [0.2, 0.25) is 11.8 Å². The standard InChI is InChI=1S/C21H26N4O3/c1-14(2)19(25-20(27)16-8-6-7-15(3)13-16)21(28)23-12-10-18(26)24-17-9-4-5-11-22-17/h4-9,11,13-14,19H,10,12H2,1-3H3,(H,23,28)(H,25,27)(H,22,24,26)/t19-/m1/s1. The van der Waals surface area contributed by atoms with Crippen molar-refractivity contribution in [2.24, 2.45) is 5.92 Å². The van der Waals surface area contributed by atoms with E-state index in [-0.39, 0.29) is 36.6 Å². The van der Waals surface area contributed by atoms with Gasteiger partial charge in [-0.3, -0.25) is 14.4 Å². The maximum atomic E-state index is 12.5. The Bertz CT molecular complexity index is 821. The lowest BCUT2D eigenvalue weighted by atomic mass is 10.0. The van der Waals surface area contributed by atoms with Gasteiger partial charge in [0.1, 0.15) is 11.9 Å². The molecule has 0 unspecified atom stereocenters. The molecule has 1 heterocycles. The number of carbonyl (C=O) groups is 3. The summed E-state index contributed by atoms with van der Waals surface area (Å²) >= 11 is 0. The molecule has 0 radical (unpaired) electrons. The highest BCUT2D eigenvalue weighted by molar-refractivity contribution is 5.98. The van der Waals surface area contributed by atoms with Crippen molar-refractivity contribution in [2.45, 2.75) is 33.2 Å². The van der Waals surface area contributed by atoms with Gasteiger partial charge in [0.05, 0.1) is 0 Å². The van der Waals surface area contributed by atoms with Crippen LogP contribution in [0.15, 0.2) is 48.7 Å². The number of hydrogen-bond donors (Lipinski definition) is 3. The van der Waals surface area contributed by atoms with E-state index in [1.54, 1.807) is 42.6 Å². The quantitative estimate of drug-likeness (QED) is 0.652. The average molecular weight is 382 g/mol. The number of rotatable bonds is 8. The minimum absolute atomic E-state index is 0.101. The summed E-state index contributed by atoms with van der Waals surface area (Å²) in [6.07, 6.45) is 1.69. The Balaban J connectivity index is 1.85.